The number of para-hydroxylation sites is 1. The Morgan fingerprint density at radius 2 is 1.69 bits per heavy atom. The zero-order valence-electron chi connectivity index (χ0n) is 14.5. The van der Waals surface area contributed by atoms with Gasteiger partial charge in [-0.25, -0.2) is 13.1 Å². The molecule has 1 fully saturated rings. The Bertz CT molecular complexity index is 789. The Balaban J connectivity index is 1.42. The first-order chi connectivity index (χ1) is 12.5. The van der Waals surface area contributed by atoms with E-state index in [0.717, 1.165) is 38.2 Å². The van der Waals surface area contributed by atoms with Crippen molar-refractivity contribution in [2.45, 2.75) is 23.8 Å². The topological polar surface area (TPSA) is 58.6 Å². The van der Waals surface area contributed by atoms with Crippen LogP contribution in [0, 0.1) is 0 Å². The van der Waals surface area contributed by atoms with Gasteiger partial charge >= 0.3 is 0 Å². The van der Waals surface area contributed by atoms with Crippen molar-refractivity contribution in [3.8, 4) is 5.75 Å². The number of nitrogens with one attached hydrogen (secondary N) is 1. The van der Waals surface area contributed by atoms with Crippen LogP contribution in [0.5, 0.6) is 5.75 Å². The Hall–Kier alpha value is -1.60. The maximum atomic E-state index is 12.4. The van der Waals surface area contributed by atoms with Crippen LogP contribution in [-0.4, -0.2) is 45.6 Å². The van der Waals surface area contributed by atoms with Gasteiger partial charge in [-0.2, -0.15) is 0 Å². The van der Waals surface area contributed by atoms with E-state index in [0.29, 0.717) is 11.6 Å². The van der Waals surface area contributed by atoms with Crippen molar-refractivity contribution in [1.29, 1.82) is 0 Å². The molecule has 0 amide bonds. The van der Waals surface area contributed by atoms with Crippen LogP contribution < -0.4 is 9.46 Å². The molecular weight excluding hydrogens is 372 g/mol. The maximum absolute atomic E-state index is 12.4. The lowest BCUT2D eigenvalue weighted by atomic mass is 10.1. The van der Waals surface area contributed by atoms with Gasteiger partial charge in [-0.15, -0.1) is 0 Å². The molecule has 1 aliphatic heterocycles. The summed E-state index contributed by atoms with van der Waals surface area (Å²) in [6, 6.07) is 15.9. The van der Waals surface area contributed by atoms with Crippen LogP contribution in [0.1, 0.15) is 12.8 Å². The summed E-state index contributed by atoms with van der Waals surface area (Å²) in [7, 11) is -3.50. The smallest absolute Gasteiger partial charge is 0.240 e. The number of halogens is 1. The third-order valence-electron chi connectivity index (χ3n) is 4.45. The van der Waals surface area contributed by atoms with Crippen LogP contribution in [0.25, 0.3) is 0 Å². The van der Waals surface area contributed by atoms with Gasteiger partial charge in [0.1, 0.15) is 12.4 Å². The fraction of sp³-hybridized carbons (Fsp3) is 0.368. The number of hydrogen-bond acceptors (Lipinski definition) is 4. The second-order valence-corrected chi connectivity index (χ2v) is 8.50. The fourth-order valence-electron chi connectivity index (χ4n) is 2.98. The molecule has 0 saturated carbocycles. The average molecular weight is 395 g/mol. The van der Waals surface area contributed by atoms with E-state index in [1.807, 2.05) is 30.3 Å². The van der Waals surface area contributed by atoms with Crippen LogP contribution in [0.2, 0.25) is 5.02 Å². The van der Waals surface area contributed by atoms with Gasteiger partial charge in [-0.3, -0.25) is 4.90 Å². The minimum atomic E-state index is -3.50. The third kappa shape index (κ3) is 5.45. The van der Waals surface area contributed by atoms with Crippen molar-refractivity contribution in [3.05, 3.63) is 59.6 Å². The summed E-state index contributed by atoms with van der Waals surface area (Å²) in [6.45, 7) is 3.18. The van der Waals surface area contributed by atoms with Gasteiger partial charge in [-0.1, -0.05) is 29.8 Å². The number of sulfonamides is 1. The van der Waals surface area contributed by atoms with Crippen molar-refractivity contribution in [3.63, 3.8) is 0 Å². The first-order valence-electron chi connectivity index (χ1n) is 8.71. The molecule has 1 heterocycles. The number of nitrogens with zero attached hydrogens (tertiary/aromatic N) is 1. The normalized spacial score (nSPS) is 16.5. The molecule has 2 aromatic carbocycles. The zero-order valence-corrected chi connectivity index (χ0v) is 16.0. The highest BCUT2D eigenvalue weighted by Crippen LogP contribution is 2.17. The summed E-state index contributed by atoms with van der Waals surface area (Å²) >= 11 is 5.82. The Kier molecular flexibility index (Phi) is 6.53. The summed E-state index contributed by atoms with van der Waals surface area (Å²) in [4.78, 5) is 2.55. The highest BCUT2D eigenvalue weighted by molar-refractivity contribution is 7.89. The third-order valence-corrected chi connectivity index (χ3v) is 6.24. The second kappa shape index (κ2) is 8.86. The fourth-order valence-corrected chi connectivity index (χ4v) is 4.42. The average Bonchev–Trinajstić information content (AvgIpc) is 2.64. The standard InChI is InChI=1S/C19H23ClN2O3S/c20-16-6-8-19(9-7-16)26(23,24)21-17-10-12-22(13-11-17)14-15-25-18-4-2-1-3-5-18/h1-9,17,21H,10-15H2. The highest BCUT2D eigenvalue weighted by Gasteiger charge is 2.24. The van der Waals surface area contributed by atoms with E-state index in [4.69, 9.17) is 16.3 Å². The number of hydrogen-bond donors (Lipinski definition) is 1. The number of likely N-dealkylation sites (tertiary alicyclic amines) is 1. The molecule has 0 bridgehead atoms. The Morgan fingerprint density at radius 3 is 2.35 bits per heavy atom. The number of rotatable bonds is 7. The first kappa shape index (κ1) is 19.2. The van der Waals surface area contributed by atoms with Gasteiger partial charge in [0, 0.05) is 17.6 Å². The molecule has 0 unspecified atom stereocenters. The Labute approximate surface area is 160 Å². The molecule has 1 aliphatic rings. The van der Waals surface area contributed by atoms with E-state index in [1.165, 1.54) is 12.1 Å². The number of piperidine rings is 1. The molecule has 140 valence electrons. The minimum absolute atomic E-state index is 0.0398. The summed E-state index contributed by atoms with van der Waals surface area (Å²) in [6.07, 6.45) is 1.58. The van der Waals surface area contributed by atoms with Crippen LogP contribution >= 0.6 is 11.6 Å². The summed E-state index contributed by atoms with van der Waals surface area (Å²) in [5.41, 5.74) is 0. The van der Waals surface area contributed by atoms with Crippen molar-refractivity contribution in [1.82, 2.24) is 9.62 Å². The molecule has 3 rings (SSSR count). The van der Waals surface area contributed by atoms with Gasteiger partial charge in [-0.05, 0) is 62.3 Å². The molecule has 1 saturated heterocycles. The van der Waals surface area contributed by atoms with Crippen LogP contribution in [0.3, 0.4) is 0 Å². The maximum Gasteiger partial charge on any atom is 0.240 e. The highest BCUT2D eigenvalue weighted by atomic mass is 35.5. The molecule has 0 atom stereocenters. The van der Waals surface area contributed by atoms with Crippen molar-refractivity contribution in [2.24, 2.45) is 0 Å². The summed E-state index contributed by atoms with van der Waals surface area (Å²) in [5, 5.41) is 0.523. The molecule has 5 nitrogen and oxygen atoms in total. The monoisotopic (exact) mass is 394 g/mol. The summed E-state index contributed by atoms with van der Waals surface area (Å²) in [5.74, 6) is 0.873. The van der Waals surface area contributed by atoms with E-state index in [9.17, 15) is 8.42 Å². The van der Waals surface area contributed by atoms with Gasteiger partial charge in [0.05, 0.1) is 4.90 Å². The molecular formula is C19H23ClN2O3S. The van der Waals surface area contributed by atoms with Gasteiger partial charge in [0.2, 0.25) is 10.0 Å². The van der Waals surface area contributed by atoms with E-state index in [-0.39, 0.29) is 10.9 Å². The predicted molar refractivity (Wildman–Crippen MR) is 103 cm³/mol. The van der Waals surface area contributed by atoms with Crippen LogP contribution in [-0.2, 0) is 10.0 Å². The molecule has 0 radical (unpaired) electrons. The van der Waals surface area contributed by atoms with E-state index in [2.05, 4.69) is 9.62 Å². The lowest BCUT2D eigenvalue weighted by Crippen LogP contribution is -2.45. The van der Waals surface area contributed by atoms with Crippen LogP contribution in [0.15, 0.2) is 59.5 Å². The summed E-state index contributed by atoms with van der Waals surface area (Å²) < 4.78 is 33.4. The first-order valence-corrected chi connectivity index (χ1v) is 10.6. The lowest BCUT2D eigenvalue weighted by molar-refractivity contribution is 0.170. The minimum Gasteiger partial charge on any atom is -0.492 e. The van der Waals surface area contributed by atoms with Crippen LogP contribution in [0.4, 0.5) is 0 Å². The SMILES string of the molecule is O=S(=O)(NC1CCN(CCOc2ccccc2)CC1)c1ccc(Cl)cc1. The largest absolute Gasteiger partial charge is 0.492 e. The van der Waals surface area contributed by atoms with E-state index in [1.54, 1.807) is 12.1 Å². The molecule has 26 heavy (non-hydrogen) atoms. The Morgan fingerprint density at radius 1 is 1.04 bits per heavy atom. The molecule has 2 aromatic rings. The zero-order chi connectivity index (χ0) is 18.4. The molecule has 7 heteroatoms. The van der Waals surface area contributed by atoms with Gasteiger partial charge in [0.25, 0.3) is 0 Å². The number of ether oxygens (including phenoxy) is 1. The quantitative estimate of drug-likeness (QED) is 0.783. The van der Waals surface area contributed by atoms with Gasteiger partial charge < -0.3 is 4.74 Å². The second-order valence-electron chi connectivity index (χ2n) is 6.35. The molecule has 0 aliphatic carbocycles. The van der Waals surface area contributed by atoms with Crippen molar-refractivity contribution >= 4 is 21.6 Å². The molecule has 1 N–H and O–H groups in total. The van der Waals surface area contributed by atoms with E-state index >= 15 is 0 Å². The molecule has 0 aromatic heterocycles. The molecule has 0 spiro atoms. The predicted octanol–water partition coefficient (Wildman–Crippen LogP) is 3.16. The van der Waals surface area contributed by atoms with Gasteiger partial charge in [0.15, 0.2) is 0 Å². The number of benzene rings is 2. The van der Waals surface area contributed by atoms with Crippen molar-refractivity contribution < 1.29 is 13.2 Å². The lowest BCUT2D eigenvalue weighted by Gasteiger charge is -2.32. The van der Waals surface area contributed by atoms with Crippen molar-refractivity contribution in [2.75, 3.05) is 26.2 Å². The van der Waals surface area contributed by atoms with E-state index < -0.39 is 10.0 Å².